The molecule has 0 radical (unpaired) electrons. The summed E-state index contributed by atoms with van der Waals surface area (Å²) in [4.78, 5) is 0. The first-order valence-corrected chi connectivity index (χ1v) is 4.81. The molecule has 1 N–H and O–H groups in total. The van der Waals surface area contributed by atoms with Crippen molar-refractivity contribution in [1.82, 2.24) is 20.2 Å². The molecule has 1 atom stereocenters. The fourth-order valence-electron chi connectivity index (χ4n) is 1.40. The maximum atomic E-state index is 12.7. The van der Waals surface area contributed by atoms with E-state index in [0.717, 1.165) is 0 Å². The fourth-order valence-corrected chi connectivity index (χ4v) is 1.40. The molecule has 1 heterocycles. The molecule has 1 aromatic carbocycles. The number of hydrogen-bond donors (Lipinski definition) is 1. The second-order valence-corrected chi connectivity index (χ2v) is 3.49. The Balaban J connectivity index is 2.11. The number of aliphatic hydroxyl groups excluding tert-OH is 1. The Morgan fingerprint density at radius 2 is 2.06 bits per heavy atom. The Bertz CT molecular complexity index is 468. The topological polar surface area (TPSA) is 63.8 Å². The molecular weight excluding hydrogens is 211 g/mol. The van der Waals surface area contributed by atoms with Gasteiger partial charge < -0.3 is 5.11 Å². The minimum atomic E-state index is -0.731. The van der Waals surface area contributed by atoms with Gasteiger partial charge in [-0.1, -0.05) is 12.1 Å². The predicted molar refractivity (Wildman–Crippen MR) is 53.9 cm³/mol. The van der Waals surface area contributed by atoms with Crippen LogP contribution in [0.1, 0.15) is 17.5 Å². The Labute approximate surface area is 91.5 Å². The highest BCUT2D eigenvalue weighted by atomic mass is 19.1. The molecule has 0 aliphatic rings. The number of rotatable bonds is 3. The molecule has 0 amide bonds. The molecule has 16 heavy (non-hydrogen) atoms. The average Bonchev–Trinajstić information content (AvgIpc) is 2.65. The van der Waals surface area contributed by atoms with Gasteiger partial charge >= 0.3 is 0 Å². The largest absolute Gasteiger partial charge is 0.388 e. The van der Waals surface area contributed by atoms with Gasteiger partial charge in [0.25, 0.3) is 0 Å². The van der Waals surface area contributed by atoms with Gasteiger partial charge in [0, 0.05) is 13.5 Å². The van der Waals surface area contributed by atoms with E-state index in [0.29, 0.717) is 17.8 Å². The summed E-state index contributed by atoms with van der Waals surface area (Å²) in [6.07, 6.45) is -0.430. The first-order chi connectivity index (χ1) is 7.66. The number of aliphatic hydroxyl groups is 1. The van der Waals surface area contributed by atoms with Crippen molar-refractivity contribution < 1.29 is 9.50 Å². The molecule has 84 valence electrons. The maximum Gasteiger partial charge on any atom is 0.153 e. The third kappa shape index (κ3) is 2.22. The SMILES string of the molecule is Cn1nnnc1CC(O)c1ccc(F)cc1. The summed E-state index contributed by atoms with van der Waals surface area (Å²) in [5, 5.41) is 20.8. The van der Waals surface area contributed by atoms with Crippen molar-refractivity contribution in [2.24, 2.45) is 7.05 Å². The molecule has 0 fully saturated rings. The first kappa shape index (κ1) is 10.7. The lowest BCUT2D eigenvalue weighted by atomic mass is 10.1. The van der Waals surface area contributed by atoms with Crippen LogP contribution in [-0.4, -0.2) is 25.3 Å². The van der Waals surface area contributed by atoms with E-state index < -0.39 is 6.10 Å². The zero-order chi connectivity index (χ0) is 11.5. The predicted octanol–water partition coefficient (Wildman–Crippen LogP) is 0.625. The van der Waals surface area contributed by atoms with Gasteiger partial charge in [-0.2, -0.15) is 0 Å². The van der Waals surface area contributed by atoms with Gasteiger partial charge in [0.05, 0.1) is 6.10 Å². The number of nitrogens with zero attached hydrogens (tertiary/aromatic N) is 4. The second kappa shape index (κ2) is 4.36. The molecular formula is C10H11FN4O. The Morgan fingerprint density at radius 1 is 1.38 bits per heavy atom. The van der Waals surface area contributed by atoms with E-state index in [2.05, 4.69) is 15.5 Å². The summed E-state index contributed by atoms with van der Waals surface area (Å²) in [6, 6.07) is 5.72. The van der Waals surface area contributed by atoms with Crippen LogP contribution in [0, 0.1) is 5.82 Å². The van der Waals surface area contributed by atoms with Gasteiger partial charge in [0.1, 0.15) is 5.82 Å². The van der Waals surface area contributed by atoms with Crippen LogP contribution < -0.4 is 0 Å². The van der Waals surface area contributed by atoms with Crippen molar-refractivity contribution in [2.75, 3.05) is 0 Å². The van der Waals surface area contributed by atoms with Crippen LogP contribution in [0.2, 0.25) is 0 Å². The third-order valence-electron chi connectivity index (χ3n) is 2.34. The lowest BCUT2D eigenvalue weighted by molar-refractivity contribution is 0.174. The molecule has 0 saturated heterocycles. The molecule has 0 spiro atoms. The van der Waals surface area contributed by atoms with Crippen LogP contribution >= 0.6 is 0 Å². The van der Waals surface area contributed by atoms with Gasteiger partial charge in [-0.05, 0) is 28.1 Å². The molecule has 2 aromatic rings. The molecule has 0 saturated carbocycles. The zero-order valence-corrected chi connectivity index (χ0v) is 8.71. The monoisotopic (exact) mass is 222 g/mol. The highest BCUT2D eigenvalue weighted by Crippen LogP contribution is 2.16. The van der Waals surface area contributed by atoms with Crippen LogP contribution in [0.15, 0.2) is 24.3 Å². The van der Waals surface area contributed by atoms with Crippen molar-refractivity contribution >= 4 is 0 Å². The number of aromatic nitrogens is 4. The third-order valence-corrected chi connectivity index (χ3v) is 2.34. The number of tetrazole rings is 1. The molecule has 5 nitrogen and oxygen atoms in total. The summed E-state index contributed by atoms with van der Waals surface area (Å²) in [5.74, 6) is 0.258. The second-order valence-electron chi connectivity index (χ2n) is 3.49. The average molecular weight is 222 g/mol. The van der Waals surface area contributed by atoms with Gasteiger partial charge in [0.2, 0.25) is 0 Å². The molecule has 0 aliphatic heterocycles. The van der Waals surface area contributed by atoms with Crippen molar-refractivity contribution in [3.8, 4) is 0 Å². The van der Waals surface area contributed by atoms with Crippen molar-refractivity contribution in [3.05, 3.63) is 41.5 Å². The molecule has 0 aliphatic carbocycles. The summed E-state index contributed by atoms with van der Waals surface area (Å²) >= 11 is 0. The summed E-state index contributed by atoms with van der Waals surface area (Å²) in [5.41, 5.74) is 0.643. The summed E-state index contributed by atoms with van der Waals surface area (Å²) < 4.78 is 14.2. The van der Waals surface area contributed by atoms with Crippen LogP contribution in [0.25, 0.3) is 0 Å². The molecule has 1 aromatic heterocycles. The minimum Gasteiger partial charge on any atom is -0.388 e. The van der Waals surface area contributed by atoms with E-state index >= 15 is 0 Å². The van der Waals surface area contributed by atoms with Crippen LogP contribution in [0.3, 0.4) is 0 Å². The summed E-state index contributed by atoms with van der Waals surface area (Å²) in [7, 11) is 1.70. The summed E-state index contributed by atoms with van der Waals surface area (Å²) in [6.45, 7) is 0. The molecule has 1 unspecified atom stereocenters. The number of hydrogen-bond acceptors (Lipinski definition) is 4. The van der Waals surface area contributed by atoms with E-state index in [1.165, 1.54) is 16.8 Å². The maximum absolute atomic E-state index is 12.7. The number of halogens is 1. The Hall–Kier alpha value is -1.82. The van der Waals surface area contributed by atoms with E-state index in [1.54, 1.807) is 19.2 Å². The Kier molecular flexibility index (Phi) is 2.91. The van der Waals surface area contributed by atoms with Crippen molar-refractivity contribution in [3.63, 3.8) is 0 Å². The zero-order valence-electron chi connectivity index (χ0n) is 8.71. The van der Waals surface area contributed by atoms with Gasteiger partial charge in [-0.25, -0.2) is 9.07 Å². The highest BCUT2D eigenvalue weighted by Gasteiger charge is 2.12. The lowest BCUT2D eigenvalue weighted by Crippen LogP contribution is -2.07. The molecule has 6 heteroatoms. The standard InChI is InChI=1S/C10H11FN4O/c1-15-10(12-13-14-15)6-9(16)7-2-4-8(11)5-3-7/h2-5,9,16H,6H2,1H3. The molecule has 2 rings (SSSR count). The van der Waals surface area contributed by atoms with E-state index in [-0.39, 0.29) is 5.82 Å². The Morgan fingerprint density at radius 3 is 2.62 bits per heavy atom. The van der Waals surface area contributed by atoms with E-state index in [9.17, 15) is 9.50 Å². The molecule has 0 bridgehead atoms. The van der Waals surface area contributed by atoms with Crippen molar-refractivity contribution in [2.45, 2.75) is 12.5 Å². The van der Waals surface area contributed by atoms with Crippen LogP contribution in [-0.2, 0) is 13.5 Å². The fraction of sp³-hybridized carbons (Fsp3) is 0.300. The quantitative estimate of drug-likeness (QED) is 0.827. The smallest absolute Gasteiger partial charge is 0.153 e. The van der Waals surface area contributed by atoms with Gasteiger partial charge in [-0.3, -0.25) is 0 Å². The number of aryl methyl sites for hydroxylation is 1. The lowest BCUT2D eigenvalue weighted by Gasteiger charge is -2.09. The van der Waals surface area contributed by atoms with Gasteiger partial charge in [-0.15, -0.1) is 5.10 Å². The number of benzene rings is 1. The first-order valence-electron chi connectivity index (χ1n) is 4.81. The van der Waals surface area contributed by atoms with E-state index in [1.807, 2.05) is 0 Å². The van der Waals surface area contributed by atoms with Crippen LogP contribution in [0.4, 0.5) is 4.39 Å². The van der Waals surface area contributed by atoms with Gasteiger partial charge in [0.15, 0.2) is 5.82 Å². The van der Waals surface area contributed by atoms with E-state index in [4.69, 9.17) is 0 Å². The normalized spacial score (nSPS) is 12.7. The van der Waals surface area contributed by atoms with Crippen molar-refractivity contribution in [1.29, 1.82) is 0 Å². The minimum absolute atomic E-state index is 0.301. The highest BCUT2D eigenvalue weighted by molar-refractivity contribution is 5.19. The van der Waals surface area contributed by atoms with Crippen LogP contribution in [0.5, 0.6) is 0 Å².